The number of rotatable bonds is 1. The Morgan fingerprint density at radius 3 is 2.88 bits per heavy atom. The molecule has 2 aliphatic rings. The number of carbonyl (C=O) groups excluding carboxylic acids is 3. The highest BCUT2D eigenvalue weighted by Crippen LogP contribution is 2.17. The second-order valence-electron chi connectivity index (χ2n) is 3.71. The van der Waals surface area contributed by atoms with E-state index < -0.39 is 23.6 Å². The van der Waals surface area contributed by atoms with Crippen LogP contribution in [-0.2, 0) is 19.1 Å². The van der Waals surface area contributed by atoms with Gasteiger partial charge in [-0.3, -0.25) is 14.6 Å². The van der Waals surface area contributed by atoms with Crippen molar-refractivity contribution in [3.8, 4) is 0 Å². The third kappa shape index (κ3) is 1.99. The van der Waals surface area contributed by atoms with Gasteiger partial charge in [-0.05, 0) is 6.08 Å². The minimum atomic E-state index is -1.20. The minimum Gasteiger partial charge on any atom is -0.467 e. The van der Waals surface area contributed by atoms with Crippen molar-refractivity contribution < 1.29 is 19.1 Å². The molecule has 90 valence electrons. The van der Waals surface area contributed by atoms with Gasteiger partial charge in [0.1, 0.15) is 0 Å². The van der Waals surface area contributed by atoms with E-state index in [0.717, 1.165) is 0 Å². The van der Waals surface area contributed by atoms with Gasteiger partial charge in [-0.2, -0.15) is 0 Å². The number of Topliss-reactive ketones (excluding diaryl/α,β-unsaturated/α-hetero) is 2. The molecule has 0 amide bonds. The fourth-order valence-electron chi connectivity index (χ4n) is 1.83. The monoisotopic (exact) mass is 236 g/mol. The number of esters is 1. The maximum atomic E-state index is 11.7. The van der Waals surface area contributed by atoms with Crippen LogP contribution in [-0.4, -0.2) is 53.8 Å². The van der Waals surface area contributed by atoms with Gasteiger partial charge in [-0.1, -0.05) is 12.2 Å². The van der Waals surface area contributed by atoms with Crippen molar-refractivity contribution >= 4 is 17.5 Å². The normalized spacial score (nSPS) is 24.5. The molecule has 0 aliphatic carbocycles. The summed E-state index contributed by atoms with van der Waals surface area (Å²) >= 11 is 0. The largest absolute Gasteiger partial charge is 0.467 e. The predicted octanol–water partition coefficient (Wildman–Crippen LogP) is -0.718. The highest BCUT2D eigenvalue weighted by atomic mass is 16.5. The van der Waals surface area contributed by atoms with E-state index in [1.165, 1.54) is 12.1 Å². The molecule has 0 N–H and O–H groups in total. The van der Waals surface area contributed by atoms with Gasteiger partial charge in [0.25, 0.3) is 0 Å². The van der Waals surface area contributed by atoms with Gasteiger partial charge >= 0.3 is 5.97 Å². The topological polar surface area (TPSA) is 66.9 Å². The Bertz CT molecular complexity index is 427. The molecule has 0 aromatic heterocycles. The van der Waals surface area contributed by atoms with Crippen LogP contribution in [0.25, 0.3) is 0 Å². The lowest BCUT2D eigenvalue weighted by atomic mass is 10.1. The van der Waals surface area contributed by atoms with Crippen LogP contribution >= 0.6 is 0 Å². The number of hydrazine groups is 1. The molecule has 1 atom stereocenters. The van der Waals surface area contributed by atoms with Gasteiger partial charge in [-0.25, -0.2) is 9.80 Å². The first-order valence-electron chi connectivity index (χ1n) is 5.16. The van der Waals surface area contributed by atoms with E-state index in [2.05, 4.69) is 4.74 Å². The predicted molar refractivity (Wildman–Crippen MR) is 57.5 cm³/mol. The Morgan fingerprint density at radius 2 is 2.18 bits per heavy atom. The fraction of sp³-hybridized carbons (Fsp3) is 0.364. The summed E-state index contributed by atoms with van der Waals surface area (Å²) < 4.78 is 4.56. The van der Waals surface area contributed by atoms with E-state index in [9.17, 15) is 14.4 Å². The maximum absolute atomic E-state index is 11.7. The second kappa shape index (κ2) is 4.50. The average Bonchev–Trinajstić information content (AvgIpc) is 2.55. The van der Waals surface area contributed by atoms with E-state index in [4.69, 9.17) is 0 Å². The summed E-state index contributed by atoms with van der Waals surface area (Å²) in [6.45, 7) is 0.459. The highest BCUT2D eigenvalue weighted by molar-refractivity contribution is 6.43. The first-order chi connectivity index (χ1) is 8.15. The van der Waals surface area contributed by atoms with Gasteiger partial charge < -0.3 is 4.74 Å². The van der Waals surface area contributed by atoms with Crippen LogP contribution in [0.3, 0.4) is 0 Å². The fourth-order valence-corrected chi connectivity index (χ4v) is 1.83. The van der Waals surface area contributed by atoms with Gasteiger partial charge in [0.2, 0.25) is 17.6 Å². The van der Waals surface area contributed by atoms with Gasteiger partial charge in [-0.15, -0.1) is 0 Å². The quantitative estimate of drug-likeness (QED) is 0.340. The van der Waals surface area contributed by atoms with Crippen molar-refractivity contribution in [1.29, 1.82) is 0 Å². The number of carbonyl (C=O) groups is 3. The number of ether oxygens (including phenoxy) is 1. The van der Waals surface area contributed by atoms with Crippen molar-refractivity contribution in [1.82, 2.24) is 10.0 Å². The van der Waals surface area contributed by atoms with Crippen molar-refractivity contribution in [2.45, 2.75) is 6.04 Å². The molecule has 17 heavy (non-hydrogen) atoms. The lowest BCUT2D eigenvalue weighted by Gasteiger charge is -2.39. The lowest BCUT2D eigenvalue weighted by Crippen LogP contribution is -2.61. The number of hydrogen-bond donors (Lipinski definition) is 0. The molecule has 6 heteroatoms. The third-order valence-electron chi connectivity index (χ3n) is 2.67. The zero-order valence-electron chi connectivity index (χ0n) is 9.33. The van der Waals surface area contributed by atoms with Gasteiger partial charge in [0.15, 0.2) is 0 Å². The SMILES string of the molecule is COC(=O)C1C(=O)C(=O)CN2CC=CC=CN12. The number of allylic oxidation sites excluding steroid dienone is 2. The maximum Gasteiger partial charge on any atom is 0.338 e. The second-order valence-corrected chi connectivity index (χ2v) is 3.71. The average molecular weight is 236 g/mol. The van der Waals surface area contributed by atoms with Crippen LogP contribution < -0.4 is 0 Å². The van der Waals surface area contributed by atoms with E-state index >= 15 is 0 Å². The third-order valence-corrected chi connectivity index (χ3v) is 2.67. The number of ketones is 2. The summed E-state index contributed by atoms with van der Waals surface area (Å²) in [5, 5.41) is 3.08. The van der Waals surface area contributed by atoms with E-state index in [1.54, 1.807) is 23.4 Å². The smallest absolute Gasteiger partial charge is 0.338 e. The van der Waals surface area contributed by atoms with E-state index in [1.807, 2.05) is 6.08 Å². The van der Waals surface area contributed by atoms with E-state index in [0.29, 0.717) is 6.54 Å². The molecule has 1 saturated heterocycles. The summed E-state index contributed by atoms with van der Waals surface area (Å²) in [6.07, 6.45) is 6.93. The van der Waals surface area contributed by atoms with Crippen LogP contribution in [0.2, 0.25) is 0 Å². The molecule has 0 saturated carbocycles. The Morgan fingerprint density at radius 1 is 1.41 bits per heavy atom. The standard InChI is InChI=1S/C11H12N2O4/c1-17-11(16)9-10(15)8(14)7-12-5-3-2-4-6-13(9)12/h2-4,6,9H,5,7H2,1H3. The van der Waals surface area contributed by atoms with Crippen LogP contribution in [0.1, 0.15) is 0 Å². The summed E-state index contributed by atoms with van der Waals surface area (Å²) in [5.41, 5.74) is 0. The molecule has 2 aliphatic heterocycles. The molecule has 1 fully saturated rings. The number of hydrogen-bond acceptors (Lipinski definition) is 6. The molecule has 0 aromatic carbocycles. The Balaban J connectivity index is 2.34. The summed E-state index contributed by atoms with van der Waals surface area (Å²) in [4.78, 5) is 34.8. The van der Waals surface area contributed by atoms with E-state index in [-0.39, 0.29) is 6.54 Å². The van der Waals surface area contributed by atoms with Gasteiger partial charge in [0.05, 0.1) is 13.7 Å². The molecule has 1 unspecified atom stereocenters. The minimum absolute atomic E-state index is 0.0129. The zero-order chi connectivity index (χ0) is 12.4. The molecule has 2 heterocycles. The molecule has 0 spiro atoms. The molecule has 0 aromatic rings. The molecule has 6 nitrogen and oxygen atoms in total. The number of methoxy groups -OCH3 is 1. The number of fused-ring (bicyclic) bond motifs is 1. The van der Waals surface area contributed by atoms with Crippen molar-refractivity contribution in [2.75, 3.05) is 20.2 Å². The van der Waals surface area contributed by atoms with Crippen LogP contribution in [0, 0.1) is 0 Å². The van der Waals surface area contributed by atoms with Gasteiger partial charge in [0, 0.05) is 12.7 Å². The van der Waals surface area contributed by atoms with Crippen LogP contribution in [0.4, 0.5) is 0 Å². The van der Waals surface area contributed by atoms with Crippen molar-refractivity contribution in [3.05, 3.63) is 24.4 Å². The first-order valence-corrected chi connectivity index (χ1v) is 5.16. The summed E-state index contributed by atoms with van der Waals surface area (Å²) in [7, 11) is 1.19. The Hall–Kier alpha value is -1.95. The molecule has 0 radical (unpaired) electrons. The summed E-state index contributed by atoms with van der Waals surface area (Å²) in [5.74, 6) is -2.01. The van der Waals surface area contributed by atoms with Crippen LogP contribution in [0.15, 0.2) is 24.4 Å². The lowest BCUT2D eigenvalue weighted by molar-refractivity contribution is -0.167. The molecular formula is C11H12N2O4. The van der Waals surface area contributed by atoms with Crippen LogP contribution in [0.5, 0.6) is 0 Å². The highest BCUT2D eigenvalue weighted by Gasteiger charge is 2.43. The Labute approximate surface area is 98.1 Å². The number of nitrogens with zero attached hydrogens (tertiary/aromatic N) is 2. The Kier molecular flexibility index (Phi) is 3.06. The first kappa shape index (κ1) is 11.5. The molecule has 2 rings (SSSR count). The van der Waals surface area contributed by atoms with Crippen molar-refractivity contribution in [2.24, 2.45) is 0 Å². The molecular weight excluding hydrogens is 224 g/mol. The van der Waals surface area contributed by atoms with Crippen molar-refractivity contribution in [3.63, 3.8) is 0 Å². The zero-order valence-corrected chi connectivity index (χ0v) is 9.33. The molecule has 0 bridgehead atoms. The summed E-state index contributed by atoms with van der Waals surface area (Å²) in [6, 6.07) is -1.20.